The Morgan fingerprint density at radius 2 is 1.88 bits per heavy atom. The van der Waals surface area contributed by atoms with Gasteiger partial charge in [-0.25, -0.2) is 0 Å². The van der Waals surface area contributed by atoms with Crippen LogP contribution in [0.1, 0.15) is 28.8 Å². The molecule has 0 aliphatic carbocycles. The summed E-state index contributed by atoms with van der Waals surface area (Å²) in [7, 11) is 1.95. The molecular formula is C17H21ClN6S. The van der Waals surface area contributed by atoms with E-state index in [0.29, 0.717) is 5.75 Å². The normalized spacial score (nSPS) is 11.8. The summed E-state index contributed by atoms with van der Waals surface area (Å²) in [4.78, 5) is 8.61. The summed E-state index contributed by atoms with van der Waals surface area (Å²) in [6, 6.07) is 9.99. The van der Waals surface area contributed by atoms with Crippen LogP contribution in [0.5, 0.6) is 0 Å². The molecule has 0 aliphatic heterocycles. The first kappa shape index (κ1) is 19.4. The third-order valence-electron chi connectivity index (χ3n) is 3.68. The van der Waals surface area contributed by atoms with Crippen molar-refractivity contribution in [1.29, 1.82) is 0 Å². The van der Waals surface area contributed by atoms with E-state index in [2.05, 4.69) is 32.3 Å². The highest BCUT2D eigenvalue weighted by molar-refractivity contribution is 7.98. The number of aromatic nitrogens is 5. The Hall–Kier alpha value is -1.96. The second kappa shape index (κ2) is 8.94. The summed E-state index contributed by atoms with van der Waals surface area (Å²) in [5.41, 5.74) is 9.34. The standard InChI is InChI=1S/C17H20N6S.ClH/c1-12-9-20-14(10-19-12)11-24-17-22-21-16(23(17)2)15(18)8-13-6-4-3-5-7-13;/h3-7,9-10,15H,8,11,18H2,1-2H3;1H. The molecule has 3 rings (SSSR count). The van der Waals surface area contributed by atoms with Crippen LogP contribution in [-0.2, 0) is 19.2 Å². The van der Waals surface area contributed by atoms with Gasteiger partial charge in [0.1, 0.15) is 0 Å². The number of hydrogen-bond donors (Lipinski definition) is 1. The fraction of sp³-hybridized carbons (Fsp3) is 0.294. The number of hydrogen-bond acceptors (Lipinski definition) is 6. The summed E-state index contributed by atoms with van der Waals surface area (Å²) in [6.07, 6.45) is 4.30. The van der Waals surface area contributed by atoms with Gasteiger partial charge in [-0.15, -0.1) is 22.6 Å². The lowest BCUT2D eigenvalue weighted by molar-refractivity contribution is 0.616. The minimum Gasteiger partial charge on any atom is -0.321 e. The van der Waals surface area contributed by atoms with E-state index in [0.717, 1.165) is 28.8 Å². The maximum Gasteiger partial charge on any atom is 0.191 e. The van der Waals surface area contributed by atoms with Crippen LogP contribution in [0.4, 0.5) is 0 Å². The Labute approximate surface area is 157 Å². The van der Waals surface area contributed by atoms with Crippen molar-refractivity contribution in [2.75, 3.05) is 0 Å². The summed E-state index contributed by atoms with van der Waals surface area (Å²) < 4.78 is 1.96. The third-order valence-corrected chi connectivity index (χ3v) is 4.74. The SMILES string of the molecule is Cc1cnc(CSc2nnc(C(N)Cc3ccccc3)n2C)cn1.Cl. The van der Waals surface area contributed by atoms with E-state index in [1.54, 1.807) is 24.2 Å². The van der Waals surface area contributed by atoms with Crippen LogP contribution in [0.15, 0.2) is 47.9 Å². The van der Waals surface area contributed by atoms with E-state index in [1.165, 1.54) is 5.56 Å². The molecule has 1 aromatic carbocycles. The molecule has 0 fully saturated rings. The lowest BCUT2D eigenvalue weighted by atomic mass is 10.1. The molecule has 1 atom stereocenters. The average molecular weight is 377 g/mol. The number of nitrogens with two attached hydrogens (primary N) is 1. The first-order valence-electron chi connectivity index (χ1n) is 7.72. The third kappa shape index (κ3) is 5.01. The molecule has 0 saturated heterocycles. The highest BCUT2D eigenvalue weighted by atomic mass is 35.5. The zero-order chi connectivity index (χ0) is 16.9. The Morgan fingerprint density at radius 1 is 1.12 bits per heavy atom. The van der Waals surface area contributed by atoms with Crippen LogP contribution in [0.3, 0.4) is 0 Å². The van der Waals surface area contributed by atoms with Crippen molar-refractivity contribution in [2.24, 2.45) is 12.8 Å². The van der Waals surface area contributed by atoms with Crippen molar-refractivity contribution in [2.45, 2.75) is 30.3 Å². The highest BCUT2D eigenvalue weighted by Gasteiger charge is 2.16. The minimum absolute atomic E-state index is 0. The van der Waals surface area contributed by atoms with Crippen molar-refractivity contribution in [1.82, 2.24) is 24.7 Å². The molecule has 2 heterocycles. The molecule has 8 heteroatoms. The van der Waals surface area contributed by atoms with Gasteiger partial charge in [0, 0.05) is 25.2 Å². The van der Waals surface area contributed by atoms with Crippen LogP contribution in [0, 0.1) is 6.92 Å². The van der Waals surface area contributed by atoms with Crippen LogP contribution in [-0.4, -0.2) is 24.7 Å². The zero-order valence-corrected chi connectivity index (χ0v) is 15.8. The van der Waals surface area contributed by atoms with Gasteiger partial charge in [-0.2, -0.15) is 0 Å². The molecule has 0 saturated carbocycles. The average Bonchev–Trinajstić information content (AvgIpc) is 2.96. The van der Waals surface area contributed by atoms with E-state index >= 15 is 0 Å². The van der Waals surface area contributed by atoms with Crippen LogP contribution in [0.2, 0.25) is 0 Å². The van der Waals surface area contributed by atoms with E-state index in [9.17, 15) is 0 Å². The lowest BCUT2D eigenvalue weighted by Crippen LogP contribution is -2.18. The maximum atomic E-state index is 6.31. The van der Waals surface area contributed by atoms with Gasteiger partial charge in [-0.3, -0.25) is 9.97 Å². The van der Waals surface area contributed by atoms with Gasteiger partial charge in [-0.1, -0.05) is 42.1 Å². The van der Waals surface area contributed by atoms with E-state index in [1.807, 2.05) is 36.7 Å². The number of nitrogens with zero attached hydrogens (tertiary/aromatic N) is 5. The lowest BCUT2D eigenvalue weighted by Gasteiger charge is -2.11. The molecule has 0 spiro atoms. The number of benzene rings is 1. The van der Waals surface area contributed by atoms with Crippen LogP contribution >= 0.6 is 24.2 Å². The van der Waals surface area contributed by atoms with Gasteiger partial charge < -0.3 is 10.3 Å². The molecule has 0 amide bonds. The highest BCUT2D eigenvalue weighted by Crippen LogP contribution is 2.22. The van der Waals surface area contributed by atoms with Gasteiger partial charge in [0.25, 0.3) is 0 Å². The van der Waals surface area contributed by atoms with Gasteiger partial charge in [0.05, 0.1) is 17.4 Å². The Balaban J connectivity index is 0.00000225. The fourth-order valence-electron chi connectivity index (χ4n) is 2.37. The molecule has 2 N–H and O–H groups in total. The van der Waals surface area contributed by atoms with E-state index in [4.69, 9.17) is 5.73 Å². The summed E-state index contributed by atoms with van der Waals surface area (Å²) in [5, 5.41) is 9.36. The monoisotopic (exact) mass is 376 g/mol. The summed E-state index contributed by atoms with van der Waals surface area (Å²) >= 11 is 1.58. The Kier molecular flexibility index (Phi) is 6.92. The van der Waals surface area contributed by atoms with Crippen molar-refractivity contribution >= 4 is 24.2 Å². The number of thioether (sulfide) groups is 1. The number of halogens is 1. The van der Waals surface area contributed by atoms with Gasteiger partial charge in [0.15, 0.2) is 11.0 Å². The molecule has 1 unspecified atom stereocenters. The predicted octanol–water partition coefficient (Wildman–Crippen LogP) is 2.87. The molecule has 0 aliphatic rings. The number of aryl methyl sites for hydroxylation is 1. The van der Waals surface area contributed by atoms with Crippen molar-refractivity contribution < 1.29 is 0 Å². The Morgan fingerprint density at radius 3 is 2.56 bits per heavy atom. The second-order valence-electron chi connectivity index (χ2n) is 5.63. The van der Waals surface area contributed by atoms with E-state index < -0.39 is 0 Å². The molecule has 0 radical (unpaired) electrons. The van der Waals surface area contributed by atoms with E-state index in [-0.39, 0.29) is 18.4 Å². The van der Waals surface area contributed by atoms with Gasteiger partial charge in [-0.05, 0) is 18.9 Å². The van der Waals surface area contributed by atoms with Crippen molar-refractivity contribution in [3.05, 3.63) is 65.5 Å². The smallest absolute Gasteiger partial charge is 0.191 e. The Bertz CT molecular complexity index is 791. The molecule has 3 aromatic rings. The molecular weight excluding hydrogens is 356 g/mol. The topological polar surface area (TPSA) is 82.5 Å². The maximum absolute atomic E-state index is 6.31. The van der Waals surface area contributed by atoms with Crippen LogP contribution < -0.4 is 5.73 Å². The molecule has 0 bridgehead atoms. The van der Waals surface area contributed by atoms with Crippen molar-refractivity contribution in [3.63, 3.8) is 0 Å². The predicted molar refractivity (Wildman–Crippen MR) is 102 cm³/mol. The molecule has 6 nitrogen and oxygen atoms in total. The quantitative estimate of drug-likeness (QED) is 0.666. The first-order chi connectivity index (χ1) is 11.6. The zero-order valence-electron chi connectivity index (χ0n) is 14.2. The van der Waals surface area contributed by atoms with Gasteiger partial charge >= 0.3 is 0 Å². The largest absolute Gasteiger partial charge is 0.321 e. The summed E-state index contributed by atoms with van der Waals surface area (Å²) in [6.45, 7) is 1.92. The fourth-order valence-corrected chi connectivity index (χ4v) is 3.18. The molecule has 25 heavy (non-hydrogen) atoms. The second-order valence-corrected chi connectivity index (χ2v) is 6.58. The first-order valence-corrected chi connectivity index (χ1v) is 8.71. The number of rotatable bonds is 6. The van der Waals surface area contributed by atoms with Crippen LogP contribution in [0.25, 0.3) is 0 Å². The minimum atomic E-state index is -0.182. The summed E-state index contributed by atoms with van der Waals surface area (Å²) in [5.74, 6) is 1.49. The van der Waals surface area contributed by atoms with Gasteiger partial charge in [0.2, 0.25) is 0 Å². The molecule has 2 aromatic heterocycles. The molecule has 132 valence electrons. The van der Waals surface area contributed by atoms with Crippen molar-refractivity contribution in [3.8, 4) is 0 Å².